The van der Waals surface area contributed by atoms with Gasteiger partial charge in [-0.15, -0.1) is 0 Å². The fourth-order valence-electron chi connectivity index (χ4n) is 6.84. The van der Waals surface area contributed by atoms with Gasteiger partial charge in [-0.1, -0.05) is 121 Å². The van der Waals surface area contributed by atoms with E-state index in [0.717, 1.165) is 89.4 Å². The van der Waals surface area contributed by atoms with E-state index in [1.807, 2.05) is 18.2 Å². The summed E-state index contributed by atoms with van der Waals surface area (Å²) < 4.78 is 0. The molecule has 2 aliphatic rings. The van der Waals surface area contributed by atoms with Gasteiger partial charge in [-0.25, -0.2) is 9.97 Å². The summed E-state index contributed by atoms with van der Waals surface area (Å²) >= 11 is 0. The normalized spacial score (nSPS) is 11.8. The van der Waals surface area contributed by atoms with Crippen molar-refractivity contribution >= 4 is 46.4 Å². The molecule has 5 heterocycles. The van der Waals surface area contributed by atoms with Gasteiger partial charge in [-0.05, 0) is 70.8 Å². The molecular weight excluding hydrogens is 643 g/mol. The Labute approximate surface area is 294 Å². The molecule has 2 aliphatic heterocycles. The van der Waals surface area contributed by atoms with E-state index in [9.17, 15) is 0 Å². The summed E-state index contributed by atoms with van der Waals surface area (Å²) in [5, 5.41) is 0. The fraction of sp³-hybridized carbons (Fsp3) is 0. The number of benzene rings is 4. The van der Waals surface area contributed by atoms with Gasteiger partial charge in [0.05, 0.1) is 22.8 Å². The van der Waals surface area contributed by atoms with Crippen molar-refractivity contribution in [2.75, 3.05) is 0 Å². The first-order valence-corrected chi connectivity index (χ1v) is 16.2. The molecule has 4 nitrogen and oxygen atoms in total. The van der Waals surface area contributed by atoms with Crippen LogP contribution in [0, 0.1) is 0 Å². The SMILES string of the molecule is C1=Cc2nc1c(-c1ccccc1)c1nc(c(-c3ccccc3)c3ccc([nH]3)c(-c3ccccc3)c3ccc([nH]3)c2-c2ccccc2)C=C1.[Ni]. The number of hydrogen-bond donors (Lipinski definition) is 2. The van der Waals surface area contributed by atoms with Crippen molar-refractivity contribution in [3.63, 3.8) is 0 Å². The van der Waals surface area contributed by atoms with Crippen molar-refractivity contribution in [1.82, 2.24) is 19.9 Å². The number of fused-ring (bicyclic) bond motifs is 8. The monoisotopic (exact) mass is 672 g/mol. The van der Waals surface area contributed by atoms with Crippen LogP contribution >= 0.6 is 0 Å². The molecule has 5 heteroatoms. The van der Waals surface area contributed by atoms with Crippen LogP contribution < -0.4 is 0 Å². The predicted molar refractivity (Wildman–Crippen MR) is 201 cm³/mol. The Kier molecular flexibility index (Phi) is 7.97. The number of hydrogen-bond acceptors (Lipinski definition) is 2. The topological polar surface area (TPSA) is 57.4 Å². The largest absolute Gasteiger partial charge is 0.354 e. The summed E-state index contributed by atoms with van der Waals surface area (Å²) in [6, 6.07) is 50.7. The molecule has 0 amide bonds. The van der Waals surface area contributed by atoms with Crippen LogP contribution in [0.15, 0.2) is 146 Å². The van der Waals surface area contributed by atoms with E-state index in [2.05, 4.69) is 162 Å². The minimum atomic E-state index is 0. The van der Waals surface area contributed by atoms with Crippen LogP contribution in [-0.2, 0) is 16.5 Å². The molecule has 0 saturated carbocycles. The summed E-state index contributed by atoms with van der Waals surface area (Å²) in [4.78, 5) is 18.3. The summed E-state index contributed by atoms with van der Waals surface area (Å²) in [6.07, 6.45) is 8.50. The van der Waals surface area contributed by atoms with Gasteiger partial charge in [0.2, 0.25) is 0 Å². The molecule has 0 saturated heterocycles. The van der Waals surface area contributed by atoms with Gasteiger partial charge in [0.1, 0.15) is 0 Å². The quantitative estimate of drug-likeness (QED) is 0.183. The number of aromatic amines is 2. The van der Waals surface area contributed by atoms with E-state index in [-0.39, 0.29) is 16.5 Å². The molecule has 3 aromatic heterocycles. The molecule has 7 aromatic rings. The smallest absolute Gasteiger partial charge is 0.0738 e. The second-order valence-electron chi connectivity index (χ2n) is 12.0. The van der Waals surface area contributed by atoms with Crippen LogP contribution in [0.4, 0.5) is 0 Å². The van der Waals surface area contributed by atoms with Crippen molar-refractivity contribution in [2.45, 2.75) is 0 Å². The molecule has 2 N–H and O–H groups in total. The van der Waals surface area contributed by atoms with Gasteiger partial charge in [0, 0.05) is 60.8 Å². The Balaban J connectivity index is 0.00000348. The first-order chi connectivity index (χ1) is 23.8. The second kappa shape index (κ2) is 12.9. The molecular formula is C44H30N4Ni. The summed E-state index contributed by atoms with van der Waals surface area (Å²) in [6.45, 7) is 0. The molecule has 49 heavy (non-hydrogen) atoms. The van der Waals surface area contributed by atoms with E-state index < -0.39 is 0 Å². The maximum atomic E-state index is 5.33. The van der Waals surface area contributed by atoms with Crippen molar-refractivity contribution in [3.05, 3.63) is 168 Å². The molecule has 236 valence electrons. The van der Waals surface area contributed by atoms with Gasteiger partial charge in [-0.2, -0.15) is 0 Å². The van der Waals surface area contributed by atoms with Crippen LogP contribution in [0.3, 0.4) is 0 Å². The standard InChI is InChI=1S/C44H30N4.Ni/c1-5-13-29(14-6-1)41-33-21-23-35(45-33)42(30-15-7-2-8-16-30)37-25-27-39(47-37)44(32-19-11-4-12-20-32)40-28-26-38(48-40)43(31-17-9-3-10-18-31)36-24-22-34(41)46-36;/h1-28,45-46H;. The Morgan fingerprint density at radius 3 is 0.898 bits per heavy atom. The molecule has 4 aromatic carbocycles. The zero-order chi connectivity index (χ0) is 31.9. The molecule has 0 aliphatic carbocycles. The molecule has 0 fully saturated rings. The fourth-order valence-corrected chi connectivity index (χ4v) is 6.84. The van der Waals surface area contributed by atoms with Crippen molar-refractivity contribution < 1.29 is 16.5 Å². The first-order valence-electron chi connectivity index (χ1n) is 16.2. The summed E-state index contributed by atoms with van der Waals surface area (Å²) in [5.41, 5.74) is 16.2. The molecule has 9 rings (SSSR count). The third-order valence-electron chi connectivity index (χ3n) is 9.00. The van der Waals surface area contributed by atoms with E-state index in [4.69, 9.17) is 9.97 Å². The first kappa shape index (κ1) is 30.3. The van der Waals surface area contributed by atoms with E-state index in [1.54, 1.807) is 0 Å². The average molecular weight is 673 g/mol. The molecule has 0 radical (unpaired) electrons. The maximum absolute atomic E-state index is 5.33. The second-order valence-corrected chi connectivity index (χ2v) is 12.0. The zero-order valence-corrected chi connectivity index (χ0v) is 27.4. The Morgan fingerprint density at radius 1 is 0.286 bits per heavy atom. The third kappa shape index (κ3) is 5.55. The number of rotatable bonds is 4. The van der Waals surface area contributed by atoms with Crippen molar-refractivity contribution in [2.24, 2.45) is 0 Å². The summed E-state index contributed by atoms with van der Waals surface area (Å²) in [7, 11) is 0. The molecule has 0 atom stereocenters. The van der Waals surface area contributed by atoms with Crippen LogP contribution in [-0.4, -0.2) is 19.9 Å². The van der Waals surface area contributed by atoms with Crippen molar-refractivity contribution in [1.29, 1.82) is 0 Å². The minimum absolute atomic E-state index is 0. The summed E-state index contributed by atoms with van der Waals surface area (Å²) in [5.74, 6) is 0. The Bertz CT molecular complexity index is 2390. The number of nitrogens with zero attached hydrogens (tertiary/aromatic N) is 2. The van der Waals surface area contributed by atoms with E-state index in [1.165, 1.54) is 0 Å². The van der Waals surface area contributed by atoms with Crippen LogP contribution in [0.5, 0.6) is 0 Å². The van der Waals surface area contributed by atoms with Crippen LogP contribution in [0.2, 0.25) is 0 Å². The third-order valence-corrected chi connectivity index (χ3v) is 9.00. The van der Waals surface area contributed by atoms with Crippen LogP contribution in [0.1, 0.15) is 22.8 Å². The molecule has 8 bridgehead atoms. The van der Waals surface area contributed by atoms with Gasteiger partial charge in [-0.3, -0.25) is 0 Å². The average Bonchev–Trinajstić information content (AvgIpc) is 3.98. The van der Waals surface area contributed by atoms with Crippen molar-refractivity contribution in [3.8, 4) is 44.5 Å². The van der Waals surface area contributed by atoms with Gasteiger partial charge in [0.25, 0.3) is 0 Å². The number of H-pyrrole nitrogens is 2. The Morgan fingerprint density at radius 2 is 0.551 bits per heavy atom. The van der Waals surface area contributed by atoms with Gasteiger partial charge in [0.15, 0.2) is 0 Å². The number of aromatic nitrogens is 4. The maximum Gasteiger partial charge on any atom is 0.0738 e. The molecule has 0 unspecified atom stereocenters. The van der Waals surface area contributed by atoms with Crippen LogP contribution in [0.25, 0.3) is 90.9 Å². The number of nitrogens with one attached hydrogen (secondary N) is 2. The van der Waals surface area contributed by atoms with Gasteiger partial charge >= 0.3 is 0 Å². The minimum Gasteiger partial charge on any atom is -0.354 e. The zero-order valence-electron chi connectivity index (χ0n) is 26.4. The van der Waals surface area contributed by atoms with E-state index in [0.29, 0.717) is 0 Å². The molecule has 0 spiro atoms. The predicted octanol–water partition coefficient (Wildman–Crippen LogP) is 11.3. The Hall–Kier alpha value is -6.03. The van der Waals surface area contributed by atoms with E-state index >= 15 is 0 Å². The van der Waals surface area contributed by atoms with Gasteiger partial charge < -0.3 is 9.97 Å².